The number of amides is 1. The van der Waals surface area contributed by atoms with Crippen LogP contribution < -0.4 is 16.6 Å². The van der Waals surface area contributed by atoms with E-state index in [4.69, 9.17) is 11.6 Å². The molecule has 0 aliphatic heterocycles. The Morgan fingerprint density at radius 3 is 2.33 bits per heavy atom. The highest BCUT2D eigenvalue weighted by molar-refractivity contribution is 6.30. The zero-order valence-electron chi connectivity index (χ0n) is 14.8. The predicted molar refractivity (Wildman–Crippen MR) is 102 cm³/mol. The van der Waals surface area contributed by atoms with Crippen molar-refractivity contribution < 1.29 is 4.79 Å². The van der Waals surface area contributed by atoms with Crippen LogP contribution in [0.3, 0.4) is 0 Å². The fourth-order valence-corrected chi connectivity index (χ4v) is 2.56. The standard InChI is InChI=1S/C19H17ClN4O3/c1-12-3-5-13(6-4-12)11-21-17(25)16-18(26)23(2)19(27)24(22-16)15-9-7-14(20)8-10-15/h3-10H,11H2,1-2H3,(H,21,25). The van der Waals surface area contributed by atoms with E-state index in [1.54, 1.807) is 24.3 Å². The van der Waals surface area contributed by atoms with E-state index in [1.165, 1.54) is 7.05 Å². The van der Waals surface area contributed by atoms with E-state index < -0.39 is 17.2 Å². The fourth-order valence-electron chi connectivity index (χ4n) is 2.44. The van der Waals surface area contributed by atoms with Crippen LogP contribution in [-0.2, 0) is 13.6 Å². The van der Waals surface area contributed by atoms with Crippen molar-refractivity contribution in [3.8, 4) is 5.69 Å². The largest absolute Gasteiger partial charge is 0.351 e. The summed E-state index contributed by atoms with van der Waals surface area (Å²) in [6.45, 7) is 2.21. The van der Waals surface area contributed by atoms with Crippen LogP contribution in [0.2, 0.25) is 5.02 Å². The Bertz CT molecular complexity index is 1100. The van der Waals surface area contributed by atoms with Gasteiger partial charge in [0.15, 0.2) is 0 Å². The van der Waals surface area contributed by atoms with Crippen molar-refractivity contribution in [1.29, 1.82) is 0 Å². The van der Waals surface area contributed by atoms with Crippen molar-refractivity contribution in [2.75, 3.05) is 0 Å². The zero-order chi connectivity index (χ0) is 19.6. The first kappa shape index (κ1) is 18.6. The number of benzene rings is 2. The van der Waals surface area contributed by atoms with Gasteiger partial charge >= 0.3 is 5.69 Å². The van der Waals surface area contributed by atoms with Crippen LogP contribution in [0.4, 0.5) is 0 Å². The molecule has 1 amide bonds. The van der Waals surface area contributed by atoms with E-state index in [0.29, 0.717) is 10.7 Å². The maximum Gasteiger partial charge on any atom is 0.351 e. The minimum atomic E-state index is -0.758. The van der Waals surface area contributed by atoms with E-state index in [1.807, 2.05) is 31.2 Å². The molecule has 138 valence electrons. The first-order valence-electron chi connectivity index (χ1n) is 8.17. The van der Waals surface area contributed by atoms with Crippen molar-refractivity contribution in [2.24, 2.45) is 7.05 Å². The van der Waals surface area contributed by atoms with Crippen molar-refractivity contribution in [3.05, 3.63) is 91.2 Å². The Morgan fingerprint density at radius 2 is 1.70 bits per heavy atom. The third kappa shape index (κ3) is 3.98. The summed E-state index contributed by atoms with van der Waals surface area (Å²) in [6, 6.07) is 14.0. The second-order valence-corrected chi connectivity index (χ2v) is 6.49. The quantitative estimate of drug-likeness (QED) is 0.743. The van der Waals surface area contributed by atoms with E-state index >= 15 is 0 Å². The molecule has 1 N–H and O–H groups in total. The molecule has 1 heterocycles. The highest BCUT2D eigenvalue weighted by Gasteiger charge is 2.18. The van der Waals surface area contributed by atoms with Crippen LogP contribution in [0, 0.1) is 6.92 Å². The molecule has 1 aromatic heterocycles. The van der Waals surface area contributed by atoms with E-state index in [-0.39, 0.29) is 12.2 Å². The SMILES string of the molecule is Cc1ccc(CNC(=O)c2nn(-c3ccc(Cl)cc3)c(=O)n(C)c2=O)cc1. The minimum Gasteiger partial charge on any atom is -0.346 e. The summed E-state index contributed by atoms with van der Waals surface area (Å²) >= 11 is 5.86. The molecule has 0 saturated heterocycles. The maximum atomic E-state index is 12.5. The normalized spacial score (nSPS) is 10.6. The Morgan fingerprint density at radius 1 is 1.07 bits per heavy atom. The van der Waals surface area contributed by atoms with Gasteiger partial charge in [0.25, 0.3) is 11.5 Å². The molecular weight excluding hydrogens is 368 g/mol. The molecular formula is C19H17ClN4O3. The Kier molecular flexibility index (Phi) is 5.23. The summed E-state index contributed by atoms with van der Waals surface area (Å²) in [5.74, 6) is -0.654. The molecule has 7 nitrogen and oxygen atoms in total. The summed E-state index contributed by atoms with van der Waals surface area (Å²) in [7, 11) is 1.30. The van der Waals surface area contributed by atoms with Gasteiger partial charge in [-0.1, -0.05) is 41.4 Å². The van der Waals surface area contributed by atoms with Crippen LogP contribution in [0.1, 0.15) is 21.6 Å². The second kappa shape index (κ2) is 7.59. The average molecular weight is 385 g/mol. The van der Waals surface area contributed by atoms with Gasteiger partial charge in [0, 0.05) is 18.6 Å². The Balaban J connectivity index is 1.93. The van der Waals surface area contributed by atoms with E-state index in [9.17, 15) is 14.4 Å². The van der Waals surface area contributed by atoms with Crippen molar-refractivity contribution in [3.63, 3.8) is 0 Å². The molecule has 2 aromatic carbocycles. The number of aryl methyl sites for hydroxylation is 1. The number of nitrogens with zero attached hydrogens (tertiary/aromatic N) is 3. The minimum absolute atomic E-state index is 0.240. The Labute approximate surface area is 159 Å². The summed E-state index contributed by atoms with van der Waals surface area (Å²) in [4.78, 5) is 37.2. The lowest BCUT2D eigenvalue weighted by Gasteiger charge is -2.10. The molecule has 0 saturated carbocycles. The van der Waals surface area contributed by atoms with E-state index in [2.05, 4.69) is 10.4 Å². The van der Waals surface area contributed by atoms with Gasteiger partial charge < -0.3 is 5.32 Å². The highest BCUT2D eigenvalue weighted by Crippen LogP contribution is 2.11. The third-order valence-corrected chi connectivity index (χ3v) is 4.29. The predicted octanol–water partition coefficient (Wildman–Crippen LogP) is 1.82. The van der Waals surface area contributed by atoms with Crippen LogP contribution in [-0.4, -0.2) is 20.3 Å². The number of nitrogens with one attached hydrogen (secondary N) is 1. The van der Waals surface area contributed by atoms with Crippen LogP contribution in [0.5, 0.6) is 0 Å². The lowest BCUT2D eigenvalue weighted by molar-refractivity contribution is 0.0941. The molecule has 8 heteroatoms. The lowest BCUT2D eigenvalue weighted by atomic mass is 10.1. The maximum absolute atomic E-state index is 12.5. The summed E-state index contributed by atoms with van der Waals surface area (Å²) < 4.78 is 1.85. The van der Waals surface area contributed by atoms with Gasteiger partial charge in [-0.3, -0.25) is 14.2 Å². The zero-order valence-corrected chi connectivity index (χ0v) is 15.5. The summed E-state index contributed by atoms with van der Waals surface area (Å²) in [5.41, 5.74) is 0.614. The molecule has 0 bridgehead atoms. The molecule has 27 heavy (non-hydrogen) atoms. The third-order valence-electron chi connectivity index (χ3n) is 4.04. The molecule has 0 aliphatic carbocycles. The van der Waals surface area contributed by atoms with Crippen molar-refractivity contribution in [2.45, 2.75) is 13.5 Å². The second-order valence-electron chi connectivity index (χ2n) is 6.05. The van der Waals surface area contributed by atoms with E-state index in [0.717, 1.165) is 20.4 Å². The van der Waals surface area contributed by atoms with Gasteiger partial charge in [-0.05, 0) is 36.8 Å². The number of aromatic nitrogens is 3. The number of carbonyl (C=O) groups excluding carboxylic acids is 1. The van der Waals surface area contributed by atoms with Crippen LogP contribution in [0.15, 0.2) is 58.1 Å². The van der Waals surface area contributed by atoms with Gasteiger partial charge in [-0.2, -0.15) is 9.78 Å². The number of halogens is 1. The number of rotatable bonds is 4. The van der Waals surface area contributed by atoms with Crippen LogP contribution in [0.25, 0.3) is 5.69 Å². The number of hydrogen-bond donors (Lipinski definition) is 1. The van der Waals surface area contributed by atoms with Crippen molar-refractivity contribution >= 4 is 17.5 Å². The molecule has 3 aromatic rings. The summed E-state index contributed by atoms with van der Waals surface area (Å²) in [5, 5.41) is 7.13. The molecule has 0 fully saturated rings. The molecule has 0 spiro atoms. The Hall–Kier alpha value is -3.19. The molecule has 0 atom stereocenters. The van der Waals surface area contributed by atoms with Gasteiger partial charge in [0.2, 0.25) is 5.69 Å². The van der Waals surface area contributed by atoms with Gasteiger partial charge in [-0.15, -0.1) is 0 Å². The first-order valence-corrected chi connectivity index (χ1v) is 8.54. The summed E-state index contributed by atoms with van der Waals surface area (Å²) in [6.07, 6.45) is 0. The smallest absolute Gasteiger partial charge is 0.346 e. The topological polar surface area (TPSA) is 86.0 Å². The molecule has 0 aliphatic rings. The van der Waals surface area contributed by atoms with Gasteiger partial charge in [0.1, 0.15) is 0 Å². The number of carbonyl (C=O) groups is 1. The average Bonchev–Trinajstić information content (AvgIpc) is 2.66. The van der Waals surface area contributed by atoms with Gasteiger partial charge in [0.05, 0.1) is 5.69 Å². The first-order chi connectivity index (χ1) is 12.9. The lowest BCUT2D eigenvalue weighted by Crippen LogP contribution is -2.44. The van der Waals surface area contributed by atoms with Crippen LogP contribution >= 0.6 is 11.6 Å². The van der Waals surface area contributed by atoms with Crippen molar-refractivity contribution in [1.82, 2.24) is 19.7 Å². The molecule has 0 radical (unpaired) electrons. The monoisotopic (exact) mass is 384 g/mol. The van der Waals surface area contributed by atoms with Gasteiger partial charge in [-0.25, -0.2) is 4.79 Å². The fraction of sp³-hybridized carbons (Fsp3) is 0.158. The molecule has 3 rings (SSSR count). The highest BCUT2D eigenvalue weighted by atomic mass is 35.5. The number of hydrogen-bond acceptors (Lipinski definition) is 4. The molecule has 0 unspecified atom stereocenters.